The maximum Gasteiger partial charge on any atom is 0.169 e. The summed E-state index contributed by atoms with van der Waals surface area (Å²) in [6, 6.07) is 9.65. The van der Waals surface area contributed by atoms with Gasteiger partial charge in [0.2, 0.25) is 0 Å². The number of benzene rings is 1. The number of nitrogens with one attached hydrogen (secondary N) is 1. The number of Topliss-reactive ketones (excluding diaryl/α,β-unsaturated/α-hetero) is 1. The molecule has 0 spiro atoms. The third kappa shape index (κ3) is 4.52. The number of carbonyl (C=O) groups is 2. The highest BCUT2D eigenvalue weighted by atomic mass is 35.5. The summed E-state index contributed by atoms with van der Waals surface area (Å²) >= 11 is 7.92. The number of ether oxygens (including phenoxy) is 1. The van der Waals surface area contributed by atoms with E-state index in [1.165, 1.54) is 11.3 Å². The Balaban J connectivity index is 1.40. The Hall–Kier alpha value is -2.63. The van der Waals surface area contributed by atoms with Crippen LogP contribution < -0.4 is 4.74 Å². The van der Waals surface area contributed by atoms with E-state index in [4.69, 9.17) is 16.3 Å². The lowest BCUT2D eigenvalue weighted by molar-refractivity contribution is -0.114. The highest BCUT2D eigenvalue weighted by Gasteiger charge is 2.26. The van der Waals surface area contributed by atoms with Gasteiger partial charge in [0.25, 0.3) is 0 Å². The first-order valence-corrected chi connectivity index (χ1v) is 10.6. The molecule has 29 heavy (non-hydrogen) atoms. The van der Waals surface area contributed by atoms with E-state index in [-0.39, 0.29) is 17.7 Å². The molecule has 1 aliphatic heterocycles. The minimum absolute atomic E-state index is 0.0570. The summed E-state index contributed by atoms with van der Waals surface area (Å²) in [5.41, 5.74) is 3.01. The Morgan fingerprint density at radius 2 is 2.17 bits per heavy atom. The Morgan fingerprint density at radius 3 is 2.90 bits per heavy atom. The van der Waals surface area contributed by atoms with Gasteiger partial charge in [-0.1, -0.05) is 11.6 Å². The highest BCUT2D eigenvalue weighted by molar-refractivity contribution is 7.17. The molecule has 0 saturated carbocycles. The van der Waals surface area contributed by atoms with Gasteiger partial charge in [-0.3, -0.25) is 9.59 Å². The number of halogens is 1. The summed E-state index contributed by atoms with van der Waals surface area (Å²) < 4.78 is 6.01. The third-order valence-corrected chi connectivity index (χ3v) is 6.40. The summed E-state index contributed by atoms with van der Waals surface area (Å²) in [6.45, 7) is 1.57. The van der Waals surface area contributed by atoms with Crippen LogP contribution in [0.25, 0.3) is 16.5 Å². The maximum absolute atomic E-state index is 12.1. The van der Waals surface area contributed by atoms with Crippen LogP contribution in [0.1, 0.15) is 40.6 Å². The van der Waals surface area contributed by atoms with E-state index in [2.05, 4.69) is 11.1 Å². The number of carbonyl (C=O) groups excluding carboxylic acids is 2. The first-order chi connectivity index (χ1) is 14.0. The zero-order valence-electron chi connectivity index (χ0n) is 15.9. The largest absolute Gasteiger partial charge is 0.488 e. The number of thiophene rings is 1. The predicted octanol–water partition coefficient (Wildman–Crippen LogP) is 5.97. The van der Waals surface area contributed by atoms with Crippen molar-refractivity contribution < 1.29 is 14.3 Å². The Labute approximate surface area is 178 Å². The van der Waals surface area contributed by atoms with Crippen molar-refractivity contribution in [1.82, 2.24) is 4.98 Å². The number of aromatic nitrogens is 1. The predicted molar refractivity (Wildman–Crippen MR) is 117 cm³/mol. The highest BCUT2D eigenvalue weighted by Crippen LogP contribution is 2.41. The maximum atomic E-state index is 12.1. The normalized spacial score (nSPS) is 15.4. The second-order valence-electron chi connectivity index (χ2n) is 7.09. The lowest BCUT2D eigenvalue weighted by atomic mass is 10.0. The molecule has 6 heteroatoms. The van der Waals surface area contributed by atoms with Crippen LogP contribution in [0.15, 0.2) is 48.8 Å². The molecule has 1 unspecified atom stereocenters. The second kappa shape index (κ2) is 8.39. The van der Waals surface area contributed by atoms with Gasteiger partial charge < -0.3 is 9.72 Å². The zero-order valence-corrected chi connectivity index (χ0v) is 17.5. The summed E-state index contributed by atoms with van der Waals surface area (Å²) in [6.07, 6.45) is 8.82. The Kier molecular flexibility index (Phi) is 5.69. The van der Waals surface area contributed by atoms with Crippen molar-refractivity contribution in [3.05, 3.63) is 69.8 Å². The van der Waals surface area contributed by atoms with Crippen LogP contribution in [0.2, 0.25) is 5.02 Å². The molecule has 1 aliphatic rings. The van der Waals surface area contributed by atoms with Gasteiger partial charge >= 0.3 is 0 Å². The van der Waals surface area contributed by atoms with Gasteiger partial charge in [-0.25, -0.2) is 0 Å². The number of aromatic amines is 1. The van der Waals surface area contributed by atoms with Gasteiger partial charge in [-0.05, 0) is 67.0 Å². The van der Waals surface area contributed by atoms with E-state index in [0.29, 0.717) is 23.6 Å². The van der Waals surface area contributed by atoms with Gasteiger partial charge in [0.05, 0.1) is 9.90 Å². The molecule has 0 aliphatic carbocycles. The number of H-pyrrole nitrogens is 1. The first kappa shape index (κ1) is 19.7. The van der Waals surface area contributed by atoms with E-state index in [0.717, 1.165) is 32.9 Å². The molecule has 1 N–H and O–H groups in total. The number of ketones is 2. The second-order valence-corrected chi connectivity index (χ2v) is 8.58. The molecule has 0 amide bonds. The van der Waals surface area contributed by atoms with Crippen LogP contribution in [0.5, 0.6) is 5.75 Å². The molecule has 0 fully saturated rings. The van der Waals surface area contributed by atoms with E-state index < -0.39 is 0 Å². The summed E-state index contributed by atoms with van der Waals surface area (Å²) in [5.74, 6) is 0.846. The van der Waals surface area contributed by atoms with Crippen molar-refractivity contribution in [2.24, 2.45) is 0 Å². The van der Waals surface area contributed by atoms with Crippen LogP contribution in [0.3, 0.4) is 0 Å². The minimum atomic E-state index is -0.0570. The van der Waals surface area contributed by atoms with Crippen LogP contribution in [-0.4, -0.2) is 22.7 Å². The van der Waals surface area contributed by atoms with Crippen molar-refractivity contribution >= 4 is 40.6 Å². The molecule has 4 rings (SSSR count). The molecular formula is C23H20ClNO3S. The SMILES string of the molecule is CC(=O)c1ccc(-c2cc(Cl)c3c(c2)CC(CCC(=O)/C=C/c2cc[nH]c2)O3)s1. The van der Waals surface area contributed by atoms with Gasteiger partial charge in [-0.15, -0.1) is 11.3 Å². The number of rotatable bonds is 7. The average Bonchev–Trinajstić information content (AvgIpc) is 3.44. The topological polar surface area (TPSA) is 59.2 Å². The van der Waals surface area contributed by atoms with Crippen LogP contribution >= 0.6 is 22.9 Å². The van der Waals surface area contributed by atoms with Gasteiger partial charge in [0.1, 0.15) is 11.9 Å². The van der Waals surface area contributed by atoms with Crippen LogP contribution in [-0.2, 0) is 11.2 Å². The number of allylic oxidation sites excluding steroid dienone is 1. The van der Waals surface area contributed by atoms with Crippen molar-refractivity contribution in [3.8, 4) is 16.2 Å². The Bertz CT molecular complexity index is 1080. The summed E-state index contributed by atoms with van der Waals surface area (Å²) in [4.78, 5) is 28.4. The average molecular weight is 426 g/mol. The lowest BCUT2D eigenvalue weighted by Crippen LogP contribution is -2.14. The monoisotopic (exact) mass is 425 g/mol. The third-order valence-electron chi connectivity index (χ3n) is 4.89. The van der Waals surface area contributed by atoms with Crippen molar-refractivity contribution in [3.63, 3.8) is 0 Å². The van der Waals surface area contributed by atoms with Crippen LogP contribution in [0, 0.1) is 0 Å². The van der Waals surface area contributed by atoms with E-state index in [9.17, 15) is 9.59 Å². The lowest BCUT2D eigenvalue weighted by Gasteiger charge is -2.10. The van der Waals surface area contributed by atoms with Crippen molar-refractivity contribution in [1.29, 1.82) is 0 Å². The quantitative estimate of drug-likeness (QED) is 0.375. The summed E-state index contributed by atoms with van der Waals surface area (Å²) in [7, 11) is 0. The van der Waals surface area contributed by atoms with E-state index in [1.807, 2.05) is 42.7 Å². The molecule has 2 aromatic heterocycles. The summed E-state index contributed by atoms with van der Waals surface area (Å²) in [5, 5.41) is 0.566. The smallest absolute Gasteiger partial charge is 0.169 e. The van der Waals surface area contributed by atoms with Crippen LogP contribution in [0.4, 0.5) is 0 Å². The number of fused-ring (bicyclic) bond motifs is 1. The zero-order chi connectivity index (χ0) is 20.4. The van der Waals surface area contributed by atoms with Crippen molar-refractivity contribution in [2.75, 3.05) is 0 Å². The number of hydrogen-bond acceptors (Lipinski definition) is 4. The minimum Gasteiger partial charge on any atom is -0.488 e. The molecule has 0 bridgehead atoms. The molecule has 0 radical (unpaired) electrons. The first-order valence-electron chi connectivity index (χ1n) is 9.43. The molecule has 3 heterocycles. The fraction of sp³-hybridized carbons (Fsp3) is 0.217. The molecule has 1 aromatic carbocycles. The molecular weight excluding hydrogens is 406 g/mol. The molecule has 1 atom stereocenters. The van der Waals surface area contributed by atoms with Gasteiger partial charge in [-0.2, -0.15) is 0 Å². The molecule has 3 aromatic rings. The Morgan fingerprint density at radius 1 is 1.31 bits per heavy atom. The molecule has 148 valence electrons. The molecule has 0 saturated heterocycles. The van der Waals surface area contributed by atoms with Gasteiger partial charge in [0, 0.05) is 35.7 Å². The van der Waals surface area contributed by atoms with Crippen molar-refractivity contribution in [2.45, 2.75) is 32.3 Å². The van der Waals surface area contributed by atoms with E-state index in [1.54, 1.807) is 13.0 Å². The fourth-order valence-electron chi connectivity index (χ4n) is 3.39. The van der Waals surface area contributed by atoms with E-state index >= 15 is 0 Å². The fourth-order valence-corrected chi connectivity index (χ4v) is 4.56. The standard InChI is InChI=1S/C23H20ClNO3S/c1-14(26)21-6-7-22(29-21)16-10-17-11-19(28-23(17)20(24)12-16)5-4-18(27)3-2-15-8-9-25-13-15/h2-3,6-10,12-13,19,25H,4-5,11H2,1H3/b3-2+. The molecule has 4 nitrogen and oxygen atoms in total. The number of hydrogen-bond donors (Lipinski definition) is 1. The van der Waals surface area contributed by atoms with Gasteiger partial charge in [0.15, 0.2) is 11.6 Å².